The first kappa shape index (κ1) is 17.6. The van der Waals surface area contributed by atoms with Crippen molar-refractivity contribution >= 4 is 22.8 Å². The first-order chi connectivity index (χ1) is 12.9. The number of H-pyrrole nitrogens is 1. The molecule has 0 saturated carbocycles. The lowest BCUT2D eigenvalue weighted by atomic mass is 9.91. The Morgan fingerprint density at radius 3 is 2.89 bits per heavy atom. The van der Waals surface area contributed by atoms with Crippen LogP contribution in [0.25, 0.3) is 16.8 Å². The predicted molar refractivity (Wildman–Crippen MR) is 92.4 cm³/mol. The lowest BCUT2D eigenvalue weighted by Crippen LogP contribution is -2.42. The number of halogens is 3. The van der Waals surface area contributed by atoms with Crippen LogP contribution >= 0.6 is 0 Å². The predicted octanol–water partition coefficient (Wildman–Crippen LogP) is 2.91. The highest BCUT2D eigenvalue weighted by atomic mass is 19.4. The van der Waals surface area contributed by atoms with E-state index in [1.54, 1.807) is 18.6 Å². The number of fused-ring (bicyclic) bond motifs is 3. The molecule has 1 aliphatic heterocycles. The summed E-state index contributed by atoms with van der Waals surface area (Å²) in [6, 6.07) is 1.22. The monoisotopic (exact) mass is 380 g/mol. The second-order valence-corrected chi connectivity index (χ2v) is 6.80. The Morgan fingerprint density at radius 1 is 1.33 bits per heavy atom. The van der Waals surface area contributed by atoms with E-state index < -0.39 is 18.8 Å². The van der Waals surface area contributed by atoms with Gasteiger partial charge in [-0.15, -0.1) is 0 Å². The second-order valence-electron chi connectivity index (χ2n) is 6.80. The summed E-state index contributed by atoms with van der Waals surface area (Å²) in [5, 5.41) is 1.96. The molecule has 0 aromatic carbocycles. The number of hydrogen-bond donors (Lipinski definition) is 2. The molecule has 10 heteroatoms. The fourth-order valence-electron chi connectivity index (χ4n) is 3.83. The van der Waals surface area contributed by atoms with E-state index in [2.05, 4.69) is 15.0 Å². The van der Waals surface area contributed by atoms with Gasteiger partial charge in [0.15, 0.2) is 11.3 Å². The smallest absolute Gasteiger partial charge is 0.345 e. The molecule has 0 radical (unpaired) electrons. The van der Waals surface area contributed by atoms with Gasteiger partial charge < -0.3 is 15.2 Å². The normalized spacial score (nSPS) is 20.7. The number of carbonyl (C=O) groups is 1. The average molecular weight is 380 g/mol. The minimum atomic E-state index is -4.42. The fraction of sp³-hybridized carbons (Fsp3) is 0.471. The maximum atomic E-state index is 12.4. The van der Waals surface area contributed by atoms with E-state index in [4.69, 9.17) is 0 Å². The van der Waals surface area contributed by atoms with Gasteiger partial charge in [-0.1, -0.05) is 13.3 Å². The van der Waals surface area contributed by atoms with Gasteiger partial charge in [-0.05, 0) is 12.0 Å². The molecule has 1 unspecified atom stereocenters. The van der Waals surface area contributed by atoms with Gasteiger partial charge in [-0.2, -0.15) is 13.2 Å². The van der Waals surface area contributed by atoms with Gasteiger partial charge in [0.1, 0.15) is 6.54 Å². The fourth-order valence-corrected chi connectivity index (χ4v) is 3.83. The number of nitrogens with one attached hydrogen (secondary N) is 2. The SMILES string of the molecule is CC[C@H]1CN(C(=O)NCC(F)(F)F)CC1c1cnc2cnc3[nH]ccc3n12. The number of aromatic nitrogens is 4. The molecule has 3 aromatic heterocycles. The molecular formula is C17H19F3N6O. The number of rotatable bonds is 3. The first-order valence-electron chi connectivity index (χ1n) is 8.76. The summed E-state index contributed by atoms with van der Waals surface area (Å²) in [4.78, 5) is 25.4. The highest BCUT2D eigenvalue weighted by molar-refractivity contribution is 5.76. The molecule has 4 heterocycles. The van der Waals surface area contributed by atoms with Crippen LogP contribution in [0, 0.1) is 5.92 Å². The summed E-state index contributed by atoms with van der Waals surface area (Å²) in [6.45, 7) is 1.46. The Balaban J connectivity index is 1.63. The zero-order valence-electron chi connectivity index (χ0n) is 14.6. The number of likely N-dealkylation sites (tertiary alicyclic amines) is 1. The summed E-state index contributed by atoms with van der Waals surface area (Å²) < 4.78 is 39.2. The van der Waals surface area contributed by atoms with Crippen LogP contribution in [-0.4, -0.2) is 56.1 Å². The molecule has 0 aliphatic carbocycles. The minimum Gasteiger partial charge on any atom is -0.345 e. The molecule has 1 fully saturated rings. The van der Waals surface area contributed by atoms with Crippen LogP contribution in [0.4, 0.5) is 18.0 Å². The lowest BCUT2D eigenvalue weighted by molar-refractivity contribution is -0.123. The van der Waals surface area contributed by atoms with Crippen molar-refractivity contribution in [2.75, 3.05) is 19.6 Å². The van der Waals surface area contributed by atoms with E-state index in [1.807, 2.05) is 22.7 Å². The molecular weight excluding hydrogens is 361 g/mol. The summed E-state index contributed by atoms with van der Waals surface area (Å²) in [5.74, 6) is 0.130. The molecule has 0 spiro atoms. The standard InChI is InChI=1S/C17H19F3N6O/c1-2-10-7-25(16(27)24-9-17(18,19)20)8-11(10)13-5-22-14-6-23-15-12(26(13)14)3-4-21-15/h3-6,10-11,21H,2,7-9H2,1H3,(H,24,27)/t10-,11?/m0/s1. The van der Waals surface area contributed by atoms with Crippen LogP contribution in [0.1, 0.15) is 25.0 Å². The molecule has 144 valence electrons. The summed E-state index contributed by atoms with van der Waals surface area (Å²) in [6.07, 6.45) is 1.62. The Bertz CT molecular complexity index is 978. The van der Waals surface area contributed by atoms with Crippen molar-refractivity contribution in [3.05, 3.63) is 30.4 Å². The quantitative estimate of drug-likeness (QED) is 0.733. The van der Waals surface area contributed by atoms with Crippen LogP contribution in [0.2, 0.25) is 0 Å². The molecule has 4 rings (SSSR count). The van der Waals surface area contributed by atoms with Gasteiger partial charge in [0.2, 0.25) is 0 Å². The number of alkyl halides is 3. The van der Waals surface area contributed by atoms with Gasteiger partial charge in [-0.3, -0.25) is 4.40 Å². The topological polar surface area (TPSA) is 78.3 Å². The molecule has 2 N–H and O–H groups in total. The van der Waals surface area contributed by atoms with Gasteiger partial charge in [0.05, 0.1) is 11.7 Å². The summed E-state index contributed by atoms with van der Waals surface area (Å²) >= 11 is 0. The Hall–Kier alpha value is -2.78. The molecule has 1 saturated heterocycles. The second kappa shape index (κ2) is 6.43. The lowest BCUT2D eigenvalue weighted by Gasteiger charge is -2.18. The third-order valence-corrected chi connectivity index (χ3v) is 5.14. The van der Waals surface area contributed by atoms with Crippen LogP contribution in [0.15, 0.2) is 24.7 Å². The number of carbonyl (C=O) groups excluding carboxylic acids is 1. The van der Waals surface area contributed by atoms with Crippen molar-refractivity contribution in [2.45, 2.75) is 25.4 Å². The van der Waals surface area contributed by atoms with Crippen molar-refractivity contribution in [1.29, 1.82) is 0 Å². The van der Waals surface area contributed by atoms with Crippen LogP contribution in [0.3, 0.4) is 0 Å². The highest BCUT2D eigenvalue weighted by Gasteiger charge is 2.38. The molecule has 7 nitrogen and oxygen atoms in total. The third kappa shape index (κ3) is 3.19. The van der Waals surface area contributed by atoms with Crippen molar-refractivity contribution in [3.63, 3.8) is 0 Å². The van der Waals surface area contributed by atoms with E-state index in [-0.39, 0.29) is 11.8 Å². The molecule has 0 bridgehead atoms. The van der Waals surface area contributed by atoms with Crippen LogP contribution in [0.5, 0.6) is 0 Å². The average Bonchev–Trinajstić information content (AvgIpc) is 3.33. The molecule has 2 amide bonds. The van der Waals surface area contributed by atoms with Crippen molar-refractivity contribution in [3.8, 4) is 0 Å². The van der Waals surface area contributed by atoms with Crippen molar-refractivity contribution < 1.29 is 18.0 Å². The van der Waals surface area contributed by atoms with Crippen molar-refractivity contribution in [2.24, 2.45) is 5.92 Å². The van der Waals surface area contributed by atoms with E-state index >= 15 is 0 Å². The van der Waals surface area contributed by atoms with Gasteiger partial charge in [-0.25, -0.2) is 14.8 Å². The van der Waals surface area contributed by atoms with Crippen molar-refractivity contribution in [1.82, 2.24) is 29.6 Å². The number of urea groups is 1. The minimum absolute atomic E-state index is 0.0119. The number of aromatic amines is 1. The van der Waals surface area contributed by atoms with E-state index in [0.717, 1.165) is 23.3 Å². The zero-order chi connectivity index (χ0) is 19.2. The molecule has 1 aliphatic rings. The van der Waals surface area contributed by atoms with Gasteiger partial charge >= 0.3 is 12.2 Å². The van der Waals surface area contributed by atoms with E-state index in [0.29, 0.717) is 18.7 Å². The maximum Gasteiger partial charge on any atom is 0.405 e. The van der Waals surface area contributed by atoms with Gasteiger partial charge in [0, 0.05) is 37.1 Å². The highest BCUT2D eigenvalue weighted by Crippen LogP contribution is 2.35. The van der Waals surface area contributed by atoms with Gasteiger partial charge in [0.25, 0.3) is 0 Å². The Labute approximate surface area is 152 Å². The molecule has 2 atom stereocenters. The number of imidazole rings is 1. The largest absolute Gasteiger partial charge is 0.405 e. The Morgan fingerprint density at radius 2 is 2.15 bits per heavy atom. The third-order valence-electron chi connectivity index (χ3n) is 5.14. The number of hydrogen-bond acceptors (Lipinski definition) is 3. The van der Waals surface area contributed by atoms with Crippen LogP contribution in [-0.2, 0) is 0 Å². The molecule has 27 heavy (non-hydrogen) atoms. The summed E-state index contributed by atoms with van der Waals surface area (Å²) in [7, 11) is 0. The molecule has 3 aromatic rings. The van der Waals surface area contributed by atoms with E-state index in [9.17, 15) is 18.0 Å². The number of amides is 2. The van der Waals surface area contributed by atoms with Crippen LogP contribution < -0.4 is 5.32 Å². The Kier molecular flexibility index (Phi) is 4.20. The summed E-state index contributed by atoms with van der Waals surface area (Å²) in [5.41, 5.74) is 3.25. The number of nitrogens with zero attached hydrogens (tertiary/aromatic N) is 4. The first-order valence-corrected chi connectivity index (χ1v) is 8.76. The maximum absolute atomic E-state index is 12.4. The van der Waals surface area contributed by atoms with E-state index in [1.165, 1.54) is 4.90 Å². The zero-order valence-corrected chi connectivity index (χ0v) is 14.6.